The minimum Gasteiger partial charge on any atom is -0.493 e. The summed E-state index contributed by atoms with van der Waals surface area (Å²) in [7, 11) is 3.11. The summed E-state index contributed by atoms with van der Waals surface area (Å²) in [5.41, 5.74) is -0.0460. The zero-order valence-electron chi connectivity index (χ0n) is 12.3. The van der Waals surface area contributed by atoms with Crippen LogP contribution in [0.3, 0.4) is 0 Å². The summed E-state index contributed by atoms with van der Waals surface area (Å²) in [5.74, 6) is 0.812. The van der Waals surface area contributed by atoms with Crippen LogP contribution in [0.4, 0.5) is 0 Å². The molecular weight excluding hydrogens is 272 g/mol. The average molecular weight is 292 g/mol. The number of allylic oxidation sites excluding steroid dienone is 1. The van der Waals surface area contributed by atoms with E-state index in [9.17, 15) is 9.90 Å². The highest BCUT2D eigenvalue weighted by molar-refractivity contribution is 5.86. The maximum atomic E-state index is 12.4. The molecule has 0 spiro atoms. The van der Waals surface area contributed by atoms with Gasteiger partial charge in [-0.2, -0.15) is 0 Å². The van der Waals surface area contributed by atoms with Crippen LogP contribution < -0.4 is 9.47 Å². The Morgan fingerprint density at radius 3 is 2.67 bits per heavy atom. The van der Waals surface area contributed by atoms with Crippen molar-refractivity contribution in [1.29, 1.82) is 0 Å². The van der Waals surface area contributed by atoms with Gasteiger partial charge in [-0.05, 0) is 24.1 Å². The van der Waals surface area contributed by atoms with Crippen molar-refractivity contribution in [1.82, 2.24) is 0 Å². The van der Waals surface area contributed by atoms with Gasteiger partial charge in [0.05, 0.1) is 20.8 Å². The molecule has 1 aliphatic rings. The molecule has 5 nitrogen and oxygen atoms in total. The summed E-state index contributed by atoms with van der Waals surface area (Å²) in [4.78, 5) is 12.4. The Balaban J connectivity index is 2.48. The lowest BCUT2D eigenvalue weighted by Gasteiger charge is -2.24. The zero-order chi connectivity index (χ0) is 15.5. The quantitative estimate of drug-likeness (QED) is 0.640. The number of cyclic esters (lactones) is 1. The fourth-order valence-corrected chi connectivity index (χ4v) is 2.78. The standard InChI is InChI=1S/C16H20O5/c1-4-7-16(9-12(10-17)21-15(16)18)11-5-6-13(19-2)14(8-11)20-3/h4-6,8,12,17H,1,7,9-10H2,2-3H3/t12?,16-/m1/s1. The highest BCUT2D eigenvalue weighted by atomic mass is 16.6. The Hall–Kier alpha value is -2.01. The molecule has 1 heterocycles. The van der Waals surface area contributed by atoms with Crippen LogP contribution in [0.25, 0.3) is 0 Å². The van der Waals surface area contributed by atoms with Crippen molar-refractivity contribution in [2.75, 3.05) is 20.8 Å². The highest BCUT2D eigenvalue weighted by Crippen LogP contribution is 2.43. The minimum absolute atomic E-state index is 0.183. The lowest BCUT2D eigenvalue weighted by molar-refractivity contribution is -0.146. The number of ether oxygens (including phenoxy) is 3. The van der Waals surface area contributed by atoms with Gasteiger partial charge in [0, 0.05) is 6.42 Å². The smallest absolute Gasteiger partial charge is 0.317 e. The van der Waals surface area contributed by atoms with E-state index in [1.165, 1.54) is 0 Å². The number of aliphatic hydroxyl groups is 1. The van der Waals surface area contributed by atoms with Crippen LogP contribution in [-0.2, 0) is 14.9 Å². The molecule has 1 fully saturated rings. The molecule has 0 saturated carbocycles. The fraction of sp³-hybridized carbons (Fsp3) is 0.438. The Kier molecular flexibility index (Phi) is 4.53. The van der Waals surface area contributed by atoms with Gasteiger partial charge in [-0.15, -0.1) is 6.58 Å². The van der Waals surface area contributed by atoms with E-state index in [0.717, 1.165) is 5.56 Å². The second-order valence-electron chi connectivity index (χ2n) is 5.06. The van der Waals surface area contributed by atoms with Crippen LogP contribution in [0.2, 0.25) is 0 Å². The van der Waals surface area contributed by atoms with Crippen LogP contribution >= 0.6 is 0 Å². The molecule has 1 aliphatic heterocycles. The summed E-state index contributed by atoms with van der Waals surface area (Å²) >= 11 is 0. The Labute approximate surface area is 124 Å². The number of esters is 1. The molecule has 0 amide bonds. The number of benzene rings is 1. The first-order valence-corrected chi connectivity index (χ1v) is 6.76. The van der Waals surface area contributed by atoms with Gasteiger partial charge in [-0.25, -0.2) is 0 Å². The van der Waals surface area contributed by atoms with Gasteiger partial charge >= 0.3 is 5.97 Å². The number of carbonyl (C=O) groups is 1. The molecule has 2 rings (SSSR count). The van der Waals surface area contributed by atoms with E-state index < -0.39 is 11.5 Å². The lowest BCUT2D eigenvalue weighted by atomic mass is 9.75. The molecule has 21 heavy (non-hydrogen) atoms. The lowest BCUT2D eigenvalue weighted by Crippen LogP contribution is -2.31. The van der Waals surface area contributed by atoms with Crippen molar-refractivity contribution in [3.05, 3.63) is 36.4 Å². The molecule has 0 aliphatic carbocycles. The highest BCUT2D eigenvalue weighted by Gasteiger charge is 2.49. The van der Waals surface area contributed by atoms with Gasteiger partial charge in [0.15, 0.2) is 11.5 Å². The predicted octanol–water partition coefficient (Wildman–Crippen LogP) is 1.83. The van der Waals surface area contributed by atoms with Crippen LogP contribution in [0.5, 0.6) is 11.5 Å². The predicted molar refractivity (Wildman–Crippen MR) is 77.6 cm³/mol. The molecule has 0 bridgehead atoms. The number of hydrogen-bond acceptors (Lipinski definition) is 5. The number of hydrogen-bond donors (Lipinski definition) is 1. The van der Waals surface area contributed by atoms with Crippen LogP contribution in [0.15, 0.2) is 30.9 Å². The Morgan fingerprint density at radius 2 is 2.14 bits per heavy atom. The van der Waals surface area contributed by atoms with E-state index in [4.69, 9.17) is 14.2 Å². The van der Waals surface area contributed by atoms with Crippen LogP contribution in [0, 0.1) is 0 Å². The fourth-order valence-electron chi connectivity index (χ4n) is 2.78. The van der Waals surface area contributed by atoms with E-state index in [1.54, 1.807) is 32.4 Å². The van der Waals surface area contributed by atoms with Crippen LogP contribution in [-0.4, -0.2) is 38.0 Å². The molecule has 5 heteroatoms. The van der Waals surface area contributed by atoms with Gasteiger partial charge in [-0.3, -0.25) is 4.79 Å². The molecule has 114 valence electrons. The number of rotatable bonds is 6. The second kappa shape index (κ2) is 6.18. The number of aliphatic hydroxyl groups excluding tert-OH is 1. The molecule has 1 N–H and O–H groups in total. The topological polar surface area (TPSA) is 65.0 Å². The zero-order valence-corrected chi connectivity index (χ0v) is 12.3. The maximum Gasteiger partial charge on any atom is 0.317 e. The third-order valence-corrected chi connectivity index (χ3v) is 3.87. The first-order valence-electron chi connectivity index (χ1n) is 6.76. The van der Waals surface area contributed by atoms with E-state index in [-0.39, 0.29) is 12.6 Å². The van der Waals surface area contributed by atoms with Crippen molar-refractivity contribution in [2.24, 2.45) is 0 Å². The third kappa shape index (κ3) is 2.61. The molecule has 0 aromatic heterocycles. The van der Waals surface area contributed by atoms with Crippen molar-refractivity contribution in [3.8, 4) is 11.5 Å². The number of carbonyl (C=O) groups excluding carboxylic acids is 1. The molecule has 1 aromatic rings. The molecule has 1 aromatic carbocycles. The summed E-state index contributed by atoms with van der Waals surface area (Å²) in [6.07, 6.45) is 2.07. The van der Waals surface area contributed by atoms with E-state index in [1.807, 2.05) is 6.07 Å². The summed E-state index contributed by atoms with van der Waals surface area (Å²) < 4.78 is 15.8. The summed E-state index contributed by atoms with van der Waals surface area (Å²) in [6, 6.07) is 5.37. The first-order chi connectivity index (χ1) is 10.1. The summed E-state index contributed by atoms with van der Waals surface area (Å²) in [5, 5.41) is 9.27. The Bertz CT molecular complexity index is 539. The number of methoxy groups -OCH3 is 2. The molecule has 0 radical (unpaired) electrons. The van der Waals surface area contributed by atoms with Gasteiger partial charge in [0.2, 0.25) is 0 Å². The van der Waals surface area contributed by atoms with Crippen molar-refractivity contribution < 1.29 is 24.1 Å². The summed E-state index contributed by atoms with van der Waals surface area (Å²) in [6.45, 7) is 3.55. The van der Waals surface area contributed by atoms with Gasteiger partial charge in [0.25, 0.3) is 0 Å². The van der Waals surface area contributed by atoms with Gasteiger partial charge < -0.3 is 19.3 Å². The first kappa shape index (κ1) is 15.4. The van der Waals surface area contributed by atoms with Crippen LogP contribution in [0.1, 0.15) is 18.4 Å². The van der Waals surface area contributed by atoms with E-state index in [0.29, 0.717) is 24.3 Å². The monoisotopic (exact) mass is 292 g/mol. The Morgan fingerprint density at radius 1 is 1.43 bits per heavy atom. The van der Waals surface area contributed by atoms with E-state index >= 15 is 0 Å². The second-order valence-corrected chi connectivity index (χ2v) is 5.06. The molecule has 2 atom stereocenters. The SMILES string of the molecule is C=CC[C@]1(c2ccc(OC)c(OC)c2)CC(CO)OC1=O. The molecule has 1 saturated heterocycles. The van der Waals surface area contributed by atoms with Gasteiger partial charge in [-0.1, -0.05) is 12.1 Å². The van der Waals surface area contributed by atoms with E-state index in [2.05, 4.69) is 6.58 Å². The molecule has 1 unspecified atom stereocenters. The van der Waals surface area contributed by atoms with Gasteiger partial charge in [0.1, 0.15) is 11.5 Å². The third-order valence-electron chi connectivity index (χ3n) is 3.87. The average Bonchev–Trinajstić information content (AvgIpc) is 2.84. The van der Waals surface area contributed by atoms with Crippen molar-refractivity contribution in [2.45, 2.75) is 24.4 Å². The molecular formula is C16H20O5. The largest absolute Gasteiger partial charge is 0.493 e. The normalized spacial score (nSPS) is 24.5. The minimum atomic E-state index is -0.825. The maximum absolute atomic E-state index is 12.4. The van der Waals surface area contributed by atoms with Crippen molar-refractivity contribution >= 4 is 5.97 Å². The van der Waals surface area contributed by atoms with Crippen molar-refractivity contribution in [3.63, 3.8) is 0 Å².